The van der Waals surface area contributed by atoms with E-state index in [0.717, 1.165) is 5.70 Å². The molecule has 3 N–H and O–H groups in total. The van der Waals surface area contributed by atoms with E-state index in [1.54, 1.807) is 0 Å². The zero-order valence-electron chi connectivity index (χ0n) is 5.31. The third kappa shape index (κ3) is 2.42. The Kier molecular flexibility index (Phi) is 3.98. The first-order valence-corrected chi connectivity index (χ1v) is 2.60. The van der Waals surface area contributed by atoms with Gasteiger partial charge in [0.2, 0.25) is 0 Å². The first kappa shape index (κ1) is 7.24. The maximum atomic E-state index is 5.10. The Bertz CT molecular complexity index is 100. The standard InChI is InChI=1S/C6H12N2/c1-3-5-6(4-2)8-7/h3-5,8H,7H2,1-2H3/b5-3-,6-4+. The number of allylic oxidation sites excluding steroid dienone is 3. The van der Waals surface area contributed by atoms with Crippen molar-refractivity contribution in [1.29, 1.82) is 0 Å². The van der Waals surface area contributed by atoms with Crippen molar-refractivity contribution < 1.29 is 0 Å². The van der Waals surface area contributed by atoms with Crippen LogP contribution in [0.25, 0.3) is 0 Å². The topological polar surface area (TPSA) is 38.0 Å². The fourth-order valence-corrected chi connectivity index (χ4v) is 0.407. The van der Waals surface area contributed by atoms with Crippen molar-refractivity contribution in [3.8, 4) is 0 Å². The van der Waals surface area contributed by atoms with E-state index in [1.165, 1.54) is 0 Å². The fourth-order valence-electron chi connectivity index (χ4n) is 0.407. The van der Waals surface area contributed by atoms with Crippen LogP contribution in [0.5, 0.6) is 0 Å². The molecule has 0 aromatic rings. The van der Waals surface area contributed by atoms with Gasteiger partial charge in [0.1, 0.15) is 0 Å². The molecule has 0 amide bonds. The van der Waals surface area contributed by atoms with Crippen molar-refractivity contribution in [2.45, 2.75) is 13.8 Å². The summed E-state index contributed by atoms with van der Waals surface area (Å²) in [4.78, 5) is 0. The van der Waals surface area contributed by atoms with Crippen molar-refractivity contribution in [2.24, 2.45) is 5.84 Å². The molecule has 0 saturated heterocycles. The van der Waals surface area contributed by atoms with Crippen LogP contribution in [-0.2, 0) is 0 Å². The predicted octanol–water partition coefficient (Wildman–Crippen LogP) is 0.930. The molecule has 0 fully saturated rings. The van der Waals surface area contributed by atoms with Gasteiger partial charge in [0.15, 0.2) is 0 Å². The molecule has 0 aromatic heterocycles. The van der Waals surface area contributed by atoms with Crippen LogP contribution in [0.2, 0.25) is 0 Å². The van der Waals surface area contributed by atoms with Gasteiger partial charge < -0.3 is 5.43 Å². The Labute approximate surface area is 50.0 Å². The number of hydrogen-bond donors (Lipinski definition) is 2. The SMILES string of the molecule is C/C=C\C(=C/C)NN. The number of rotatable bonds is 2. The highest BCUT2D eigenvalue weighted by molar-refractivity contribution is 5.13. The van der Waals surface area contributed by atoms with Crippen LogP contribution < -0.4 is 11.3 Å². The summed E-state index contributed by atoms with van der Waals surface area (Å²) in [6.45, 7) is 3.87. The minimum Gasteiger partial charge on any atom is -0.324 e. The molecule has 46 valence electrons. The maximum Gasteiger partial charge on any atom is 0.0439 e. The lowest BCUT2D eigenvalue weighted by Gasteiger charge is -1.95. The second kappa shape index (κ2) is 4.40. The average molecular weight is 112 g/mol. The molecule has 0 aliphatic rings. The zero-order valence-corrected chi connectivity index (χ0v) is 5.31. The van der Waals surface area contributed by atoms with Gasteiger partial charge in [-0.25, -0.2) is 0 Å². The van der Waals surface area contributed by atoms with Crippen molar-refractivity contribution in [3.63, 3.8) is 0 Å². The number of nitrogens with one attached hydrogen (secondary N) is 1. The van der Waals surface area contributed by atoms with Crippen LogP contribution in [0.1, 0.15) is 13.8 Å². The second-order valence-electron chi connectivity index (χ2n) is 1.39. The van der Waals surface area contributed by atoms with Crippen molar-refractivity contribution in [1.82, 2.24) is 5.43 Å². The molecule has 2 nitrogen and oxygen atoms in total. The summed E-state index contributed by atoms with van der Waals surface area (Å²) in [6.07, 6.45) is 5.73. The molecule has 0 radical (unpaired) electrons. The highest BCUT2D eigenvalue weighted by Crippen LogP contribution is 1.86. The lowest BCUT2D eigenvalue weighted by atomic mass is 10.4. The van der Waals surface area contributed by atoms with E-state index in [4.69, 9.17) is 5.84 Å². The first-order chi connectivity index (χ1) is 3.85. The summed E-state index contributed by atoms with van der Waals surface area (Å²) in [6, 6.07) is 0. The minimum atomic E-state index is 0.938. The lowest BCUT2D eigenvalue weighted by molar-refractivity contribution is 0.912. The van der Waals surface area contributed by atoms with E-state index in [-0.39, 0.29) is 0 Å². The molecule has 0 aliphatic heterocycles. The third-order valence-electron chi connectivity index (χ3n) is 0.824. The Hall–Kier alpha value is -0.760. The number of hydrogen-bond acceptors (Lipinski definition) is 2. The largest absolute Gasteiger partial charge is 0.324 e. The Balaban J connectivity index is 3.72. The van der Waals surface area contributed by atoms with E-state index in [9.17, 15) is 0 Å². The lowest BCUT2D eigenvalue weighted by Crippen LogP contribution is -2.19. The molecule has 0 aliphatic carbocycles. The molecular formula is C6H12N2. The summed E-state index contributed by atoms with van der Waals surface area (Å²) < 4.78 is 0. The van der Waals surface area contributed by atoms with Gasteiger partial charge >= 0.3 is 0 Å². The predicted molar refractivity (Wildman–Crippen MR) is 35.9 cm³/mol. The molecular weight excluding hydrogens is 100 g/mol. The second-order valence-corrected chi connectivity index (χ2v) is 1.39. The van der Waals surface area contributed by atoms with E-state index < -0.39 is 0 Å². The smallest absolute Gasteiger partial charge is 0.0439 e. The van der Waals surface area contributed by atoms with Gasteiger partial charge in [-0.15, -0.1) is 0 Å². The summed E-state index contributed by atoms with van der Waals surface area (Å²) in [7, 11) is 0. The van der Waals surface area contributed by atoms with Crippen LogP contribution in [0.15, 0.2) is 23.9 Å². The number of nitrogens with two attached hydrogens (primary N) is 1. The van der Waals surface area contributed by atoms with Crippen LogP contribution in [0.3, 0.4) is 0 Å². The fraction of sp³-hybridized carbons (Fsp3) is 0.333. The van der Waals surface area contributed by atoms with Crippen molar-refractivity contribution in [2.75, 3.05) is 0 Å². The van der Waals surface area contributed by atoms with Crippen LogP contribution >= 0.6 is 0 Å². The molecule has 0 atom stereocenters. The quantitative estimate of drug-likeness (QED) is 0.317. The maximum absolute atomic E-state index is 5.10. The van der Waals surface area contributed by atoms with E-state index in [1.807, 2.05) is 32.1 Å². The first-order valence-electron chi connectivity index (χ1n) is 2.60. The summed E-state index contributed by atoms with van der Waals surface area (Å²) in [5.41, 5.74) is 3.46. The highest BCUT2D eigenvalue weighted by atomic mass is 15.2. The van der Waals surface area contributed by atoms with Crippen LogP contribution in [0, 0.1) is 0 Å². The van der Waals surface area contributed by atoms with Gasteiger partial charge in [-0.05, 0) is 19.9 Å². The summed E-state index contributed by atoms with van der Waals surface area (Å²) in [5, 5.41) is 0. The highest BCUT2D eigenvalue weighted by Gasteiger charge is 1.77. The van der Waals surface area contributed by atoms with Crippen LogP contribution in [0.4, 0.5) is 0 Å². The average Bonchev–Trinajstić information content (AvgIpc) is 1.83. The molecule has 0 unspecified atom stereocenters. The van der Waals surface area contributed by atoms with E-state index in [2.05, 4.69) is 5.43 Å². The zero-order chi connectivity index (χ0) is 6.41. The van der Waals surface area contributed by atoms with Gasteiger partial charge in [0, 0.05) is 5.70 Å². The van der Waals surface area contributed by atoms with Gasteiger partial charge in [-0.1, -0.05) is 12.2 Å². The molecule has 8 heavy (non-hydrogen) atoms. The van der Waals surface area contributed by atoms with E-state index in [0.29, 0.717) is 0 Å². The van der Waals surface area contributed by atoms with Crippen LogP contribution in [-0.4, -0.2) is 0 Å². The monoisotopic (exact) mass is 112 g/mol. The molecule has 0 bridgehead atoms. The Morgan fingerprint density at radius 1 is 1.50 bits per heavy atom. The van der Waals surface area contributed by atoms with Gasteiger partial charge in [0.25, 0.3) is 0 Å². The normalized spacial score (nSPS) is 12.6. The molecule has 0 rings (SSSR count). The Morgan fingerprint density at radius 3 is 2.25 bits per heavy atom. The van der Waals surface area contributed by atoms with Crippen molar-refractivity contribution >= 4 is 0 Å². The minimum absolute atomic E-state index is 0.938. The van der Waals surface area contributed by atoms with E-state index >= 15 is 0 Å². The molecule has 2 heteroatoms. The molecule has 0 aromatic carbocycles. The van der Waals surface area contributed by atoms with Gasteiger partial charge in [-0.3, -0.25) is 5.84 Å². The summed E-state index contributed by atoms with van der Waals surface area (Å²) >= 11 is 0. The van der Waals surface area contributed by atoms with Gasteiger partial charge in [-0.2, -0.15) is 0 Å². The number of hydrazine groups is 1. The van der Waals surface area contributed by atoms with Gasteiger partial charge in [0.05, 0.1) is 0 Å². The van der Waals surface area contributed by atoms with Crippen molar-refractivity contribution in [3.05, 3.63) is 23.9 Å². The molecule has 0 saturated carbocycles. The summed E-state index contributed by atoms with van der Waals surface area (Å²) in [5.74, 6) is 5.10. The Morgan fingerprint density at radius 2 is 2.12 bits per heavy atom. The third-order valence-corrected chi connectivity index (χ3v) is 0.824. The molecule has 0 spiro atoms. The molecule has 0 heterocycles.